The number of benzene rings is 1. The number of sulfonamides is 1. The minimum Gasteiger partial charge on any atom is -0.489 e. The number of carbonyl (C=O) groups excluding carboxylic acids is 2. The van der Waals surface area contributed by atoms with Gasteiger partial charge in [0.25, 0.3) is 15.9 Å². The fourth-order valence-corrected chi connectivity index (χ4v) is 7.11. The standard InChI is InChI=1S/C16H18N6O7S2.C11H11Cl2NO2/c1-4-30(24,25)13-14(22-8-6-5-7-10(22)17-13)31(26,27)21-16(23)20-15-18-11(28-2)9-12(19-15)29-3;1-7-6-16-9-5-3-2-4-8(9)14(7)11(15)10(12)13/h5-9H,4H2,1-3H3,(H2,18,19,20,21,23);2-5,7,10H,6H2,1H3. The second-order valence-corrected chi connectivity index (χ2v) is 14.4. The van der Waals surface area contributed by atoms with Gasteiger partial charge >= 0.3 is 6.03 Å². The van der Waals surface area contributed by atoms with Gasteiger partial charge in [0.05, 0.1) is 37.8 Å². The van der Waals surface area contributed by atoms with Gasteiger partial charge in [-0.15, -0.1) is 0 Å². The number of anilines is 2. The summed E-state index contributed by atoms with van der Waals surface area (Å²) < 4.78 is 69.0. The van der Waals surface area contributed by atoms with E-state index in [9.17, 15) is 26.4 Å². The average molecular weight is 731 g/mol. The first-order valence-electron chi connectivity index (χ1n) is 13.6. The van der Waals surface area contributed by atoms with Crippen molar-refractivity contribution in [2.24, 2.45) is 0 Å². The first kappa shape index (κ1) is 35.5. The van der Waals surface area contributed by atoms with Crippen LogP contribution in [-0.2, 0) is 24.7 Å². The summed E-state index contributed by atoms with van der Waals surface area (Å²) in [5, 5.41) is 0.783. The second kappa shape index (κ2) is 14.6. The van der Waals surface area contributed by atoms with Crippen molar-refractivity contribution in [1.82, 2.24) is 24.1 Å². The van der Waals surface area contributed by atoms with Crippen LogP contribution in [0.1, 0.15) is 13.8 Å². The van der Waals surface area contributed by atoms with E-state index in [1.54, 1.807) is 15.7 Å². The highest BCUT2D eigenvalue weighted by Crippen LogP contribution is 2.34. The van der Waals surface area contributed by atoms with E-state index in [4.69, 9.17) is 37.4 Å². The summed E-state index contributed by atoms with van der Waals surface area (Å²) in [6.07, 6.45) is 1.32. The molecule has 3 amide bonds. The molecule has 2 N–H and O–H groups in total. The third kappa shape index (κ3) is 7.95. The SMILES string of the molecule is CC1COc2ccccc2N1C(=O)C(Cl)Cl.CCS(=O)(=O)c1nc2ccccn2c1S(=O)(=O)NC(=O)Nc1nc(OC)cc(OC)n1. The number of hydrogen-bond acceptors (Lipinski definition) is 12. The number of alkyl halides is 2. The summed E-state index contributed by atoms with van der Waals surface area (Å²) >= 11 is 11.3. The molecule has 1 aliphatic rings. The maximum absolute atomic E-state index is 13.0. The molecule has 20 heteroatoms. The molecule has 5 rings (SSSR count). The number of para-hydroxylation sites is 2. The van der Waals surface area contributed by atoms with Gasteiger partial charge in [-0.3, -0.25) is 14.5 Å². The first-order chi connectivity index (χ1) is 22.2. The Kier molecular flexibility index (Phi) is 11.0. The van der Waals surface area contributed by atoms with Crippen molar-refractivity contribution in [3.8, 4) is 17.5 Å². The van der Waals surface area contributed by atoms with Crippen molar-refractivity contribution >= 4 is 72.3 Å². The van der Waals surface area contributed by atoms with Crippen LogP contribution in [0, 0.1) is 0 Å². The lowest BCUT2D eigenvalue weighted by molar-refractivity contribution is -0.117. The molecular weight excluding hydrogens is 701 g/mol. The highest BCUT2D eigenvalue weighted by Gasteiger charge is 2.34. The van der Waals surface area contributed by atoms with E-state index in [0.29, 0.717) is 12.4 Å². The summed E-state index contributed by atoms with van der Waals surface area (Å²) in [4.78, 5) is 36.4. The van der Waals surface area contributed by atoms with Gasteiger partial charge in [0.1, 0.15) is 18.0 Å². The van der Waals surface area contributed by atoms with Crippen LogP contribution in [0.4, 0.5) is 16.4 Å². The van der Waals surface area contributed by atoms with Gasteiger partial charge in [0, 0.05) is 6.20 Å². The van der Waals surface area contributed by atoms with E-state index >= 15 is 0 Å². The van der Waals surface area contributed by atoms with E-state index in [2.05, 4.69) is 20.3 Å². The molecule has 4 aromatic rings. The normalized spacial score (nSPS) is 14.4. The van der Waals surface area contributed by atoms with E-state index in [1.165, 1.54) is 45.5 Å². The third-order valence-electron chi connectivity index (χ3n) is 6.40. The number of rotatable bonds is 8. The quantitative estimate of drug-likeness (QED) is 0.252. The largest absolute Gasteiger partial charge is 0.489 e. The molecule has 0 bridgehead atoms. The van der Waals surface area contributed by atoms with Crippen molar-refractivity contribution < 1.29 is 40.6 Å². The van der Waals surface area contributed by atoms with Crippen LogP contribution >= 0.6 is 23.2 Å². The number of hydrogen-bond donors (Lipinski definition) is 2. The van der Waals surface area contributed by atoms with Crippen LogP contribution in [0.15, 0.2) is 64.8 Å². The number of halogens is 2. The summed E-state index contributed by atoms with van der Waals surface area (Å²) in [6.45, 7) is 3.69. The molecular formula is C27H29Cl2N7O9S2. The van der Waals surface area contributed by atoms with Gasteiger partial charge in [0.15, 0.2) is 24.7 Å². The van der Waals surface area contributed by atoms with Crippen molar-refractivity contribution in [2.45, 2.75) is 34.8 Å². The zero-order valence-electron chi connectivity index (χ0n) is 25.2. The highest BCUT2D eigenvalue weighted by molar-refractivity contribution is 7.93. The zero-order valence-corrected chi connectivity index (χ0v) is 28.4. The predicted octanol–water partition coefficient (Wildman–Crippen LogP) is 3.05. The van der Waals surface area contributed by atoms with Gasteiger partial charge < -0.3 is 19.1 Å². The number of nitrogens with zero attached hydrogens (tertiary/aromatic N) is 5. The monoisotopic (exact) mass is 729 g/mol. The number of pyridine rings is 1. The number of methoxy groups -OCH3 is 2. The van der Waals surface area contributed by atoms with E-state index in [0.717, 1.165) is 10.1 Å². The Bertz CT molecular complexity index is 1990. The molecule has 252 valence electrons. The van der Waals surface area contributed by atoms with Crippen LogP contribution in [0.3, 0.4) is 0 Å². The van der Waals surface area contributed by atoms with Crippen molar-refractivity contribution in [3.05, 3.63) is 54.7 Å². The Balaban J connectivity index is 0.000000261. The number of imidazole rings is 1. The number of nitrogens with one attached hydrogen (secondary N) is 2. The molecule has 0 saturated heterocycles. The van der Waals surface area contributed by atoms with Crippen LogP contribution in [0.5, 0.6) is 17.5 Å². The first-order valence-corrected chi connectivity index (χ1v) is 17.6. The maximum atomic E-state index is 13.0. The molecule has 16 nitrogen and oxygen atoms in total. The van der Waals surface area contributed by atoms with Gasteiger partial charge in [-0.2, -0.15) is 18.4 Å². The van der Waals surface area contributed by atoms with Crippen LogP contribution < -0.4 is 29.1 Å². The molecule has 0 saturated carbocycles. The van der Waals surface area contributed by atoms with E-state index in [-0.39, 0.29) is 41.1 Å². The number of amides is 3. The van der Waals surface area contributed by atoms with Crippen molar-refractivity contribution in [2.75, 3.05) is 36.8 Å². The predicted molar refractivity (Wildman–Crippen MR) is 172 cm³/mol. The van der Waals surface area contributed by atoms with Crippen LogP contribution in [0.2, 0.25) is 0 Å². The van der Waals surface area contributed by atoms with Gasteiger partial charge in [-0.25, -0.2) is 22.9 Å². The lowest BCUT2D eigenvalue weighted by Gasteiger charge is -2.35. The summed E-state index contributed by atoms with van der Waals surface area (Å²) in [6, 6.07) is 11.9. The Morgan fingerprint density at radius 3 is 2.28 bits per heavy atom. The fraction of sp³-hybridized carbons (Fsp3) is 0.296. The lowest BCUT2D eigenvalue weighted by atomic mass is 10.1. The molecule has 0 spiro atoms. The molecule has 1 unspecified atom stereocenters. The summed E-state index contributed by atoms with van der Waals surface area (Å²) in [5.74, 6) is -0.201. The zero-order chi connectivity index (χ0) is 34.5. The topological polar surface area (TPSA) is 200 Å². The minimum atomic E-state index is -4.68. The number of fused-ring (bicyclic) bond motifs is 2. The number of ether oxygens (including phenoxy) is 3. The van der Waals surface area contributed by atoms with E-state index < -0.39 is 40.8 Å². The van der Waals surface area contributed by atoms with Crippen LogP contribution in [0.25, 0.3) is 5.65 Å². The number of sulfone groups is 1. The summed E-state index contributed by atoms with van der Waals surface area (Å²) in [7, 11) is -6.04. The van der Waals surface area contributed by atoms with Crippen molar-refractivity contribution in [1.29, 1.82) is 0 Å². The van der Waals surface area contributed by atoms with Crippen molar-refractivity contribution in [3.63, 3.8) is 0 Å². The second-order valence-electron chi connectivity index (χ2n) is 9.53. The van der Waals surface area contributed by atoms with Gasteiger partial charge in [0.2, 0.25) is 17.7 Å². The molecule has 0 radical (unpaired) electrons. The van der Waals surface area contributed by atoms with Gasteiger partial charge in [-0.05, 0) is 31.2 Å². The molecule has 1 aromatic carbocycles. The Morgan fingerprint density at radius 2 is 1.66 bits per heavy atom. The molecule has 3 aromatic heterocycles. The number of urea groups is 1. The molecule has 1 aliphatic heterocycles. The molecule has 47 heavy (non-hydrogen) atoms. The van der Waals surface area contributed by atoms with Crippen LogP contribution in [-0.4, -0.2) is 85.6 Å². The van der Waals surface area contributed by atoms with Gasteiger partial charge in [-0.1, -0.05) is 48.3 Å². The van der Waals surface area contributed by atoms with E-state index in [1.807, 2.05) is 31.2 Å². The molecule has 1 atom stereocenters. The smallest absolute Gasteiger partial charge is 0.335 e. The molecule has 0 aliphatic carbocycles. The summed E-state index contributed by atoms with van der Waals surface area (Å²) in [5.41, 5.74) is 0.800. The Labute approximate surface area is 279 Å². The number of carbonyl (C=O) groups is 2. The molecule has 4 heterocycles. The third-order valence-corrected chi connectivity index (χ3v) is 9.89. The minimum absolute atomic E-state index is 0.0584. The lowest BCUT2D eigenvalue weighted by Crippen LogP contribution is -2.47. The Morgan fingerprint density at radius 1 is 1.02 bits per heavy atom. The maximum Gasteiger partial charge on any atom is 0.335 e. The molecule has 0 fully saturated rings. The Hall–Kier alpha value is -4.39. The fourth-order valence-electron chi connectivity index (χ4n) is 4.24. The highest BCUT2D eigenvalue weighted by atomic mass is 35.5. The average Bonchev–Trinajstić information content (AvgIpc) is 3.46. The number of aromatic nitrogens is 4.